The van der Waals surface area contributed by atoms with Crippen molar-refractivity contribution in [2.45, 2.75) is 25.4 Å². The molecule has 0 N–H and O–H groups in total. The first kappa shape index (κ1) is 20.3. The zero-order chi connectivity index (χ0) is 21.3. The normalized spacial score (nSPS) is 18.4. The minimum absolute atomic E-state index is 0.0881. The Labute approximate surface area is 178 Å². The second-order valence-corrected chi connectivity index (χ2v) is 7.84. The fourth-order valence-corrected chi connectivity index (χ4v) is 4.31. The van der Waals surface area contributed by atoms with E-state index < -0.39 is 16.7 Å². The molecule has 0 bridgehead atoms. The van der Waals surface area contributed by atoms with E-state index in [0.717, 1.165) is 19.6 Å². The van der Waals surface area contributed by atoms with Crippen molar-refractivity contribution >= 4 is 34.7 Å². The number of piperidine rings is 1. The molecule has 30 heavy (non-hydrogen) atoms. The van der Waals surface area contributed by atoms with Gasteiger partial charge in [-0.25, -0.2) is 0 Å². The van der Waals surface area contributed by atoms with E-state index in [1.165, 1.54) is 34.7 Å². The van der Waals surface area contributed by atoms with E-state index in [-0.39, 0.29) is 22.3 Å². The molecule has 8 heteroatoms. The summed E-state index contributed by atoms with van der Waals surface area (Å²) in [5.74, 6) is -0.920. The minimum atomic E-state index is -0.517. The summed E-state index contributed by atoms with van der Waals surface area (Å²) in [6.07, 6.45) is 1.37. The summed E-state index contributed by atoms with van der Waals surface area (Å²) in [5, 5.41) is 10.7. The van der Waals surface area contributed by atoms with Crippen LogP contribution in [0.1, 0.15) is 24.0 Å². The summed E-state index contributed by atoms with van der Waals surface area (Å²) in [5.41, 5.74) is 1.67. The number of non-ortho nitro benzene ring substituents is 1. The summed E-state index contributed by atoms with van der Waals surface area (Å²) in [7, 11) is 0. The summed E-state index contributed by atoms with van der Waals surface area (Å²) in [6.45, 7) is 2.39. The number of hydrogen-bond donors (Lipinski definition) is 0. The van der Waals surface area contributed by atoms with Crippen molar-refractivity contribution in [1.82, 2.24) is 9.80 Å². The number of carbonyl (C=O) groups is 2. The van der Waals surface area contributed by atoms with Crippen molar-refractivity contribution in [1.29, 1.82) is 0 Å². The quantitative estimate of drug-likeness (QED) is 0.415. The van der Waals surface area contributed by atoms with E-state index in [4.69, 9.17) is 11.6 Å². The number of nitro benzene ring substituents is 1. The second-order valence-electron chi connectivity index (χ2n) is 7.47. The third-order valence-corrected chi connectivity index (χ3v) is 5.95. The molecule has 2 aromatic rings. The highest BCUT2D eigenvalue weighted by molar-refractivity contribution is 6.55. The molecule has 154 valence electrons. The topological polar surface area (TPSA) is 83.8 Å². The van der Waals surface area contributed by atoms with Gasteiger partial charge >= 0.3 is 0 Å². The molecular weight excluding hydrogens is 406 g/mol. The number of hydrogen-bond acceptors (Lipinski definition) is 5. The number of imide groups is 1. The van der Waals surface area contributed by atoms with Gasteiger partial charge in [-0.15, -0.1) is 0 Å². The zero-order valence-electron chi connectivity index (χ0n) is 16.2. The van der Waals surface area contributed by atoms with Crippen LogP contribution < -0.4 is 0 Å². The molecule has 2 aromatic carbocycles. The van der Waals surface area contributed by atoms with Crippen LogP contribution in [0.2, 0.25) is 0 Å². The first-order valence-electron chi connectivity index (χ1n) is 9.74. The molecule has 0 unspecified atom stereocenters. The highest BCUT2D eigenvalue weighted by Gasteiger charge is 2.42. The van der Waals surface area contributed by atoms with Gasteiger partial charge in [-0.1, -0.05) is 41.9 Å². The Morgan fingerprint density at radius 3 is 2.20 bits per heavy atom. The van der Waals surface area contributed by atoms with Crippen molar-refractivity contribution in [3.8, 4) is 0 Å². The maximum absolute atomic E-state index is 13.0. The molecule has 1 saturated heterocycles. The zero-order valence-corrected chi connectivity index (χ0v) is 16.9. The molecule has 2 heterocycles. The fourth-order valence-electron chi connectivity index (χ4n) is 4.03. The first-order chi connectivity index (χ1) is 14.5. The molecule has 4 rings (SSSR count). The molecule has 7 nitrogen and oxygen atoms in total. The van der Waals surface area contributed by atoms with Gasteiger partial charge in [-0.2, -0.15) is 0 Å². The molecule has 2 aliphatic rings. The van der Waals surface area contributed by atoms with E-state index in [1.807, 2.05) is 18.2 Å². The Bertz CT molecular complexity index is 1010. The van der Waals surface area contributed by atoms with Crippen LogP contribution in [0.4, 0.5) is 5.69 Å². The van der Waals surface area contributed by atoms with Crippen LogP contribution in [0.5, 0.6) is 0 Å². The van der Waals surface area contributed by atoms with Crippen molar-refractivity contribution < 1.29 is 14.5 Å². The molecule has 0 aromatic heterocycles. The molecule has 0 saturated carbocycles. The van der Waals surface area contributed by atoms with E-state index in [9.17, 15) is 19.7 Å². The van der Waals surface area contributed by atoms with Gasteiger partial charge in [0.1, 0.15) is 5.03 Å². The predicted molar refractivity (Wildman–Crippen MR) is 112 cm³/mol. The summed E-state index contributed by atoms with van der Waals surface area (Å²) < 4.78 is 0. The second kappa shape index (κ2) is 8.38. The van der Waals surface area contributed by atoms with Crippen molar-refractivity contribution in [3.63, 3.8) is 0 Å². The number of rotatable bonds is 5. The SMILES string of the molecule is O=C1C(Cl)=C(c2ccc([N+](=O)[O-])cc2)C(=O)N1C1CCN(Cc2ccccc2)CC1. The molecule has 1 fully saturated rings. The Hall–Kier alpha value is -3.03. The molecule has 0 radical (unpaired) electrons. The summed E-state index contributed by atoms with van der Waals surface area (Å²) in [6, 6.07) is 15.5. The van der Waals surface area contributed by atoms with Gasteiger partial charge in [0.25, 0.3) is 17.5 Å². The van der Waals surface area contributed by atoms with Gasteiger partial charge in [0.15, 0.2) is 0 Å². The third-order valence-electron chi connectivity index (χ3n) is 5.60. The van der Waals surface area contributed by atoms with E-state index in [2.05, 4.69) is 17.0 Å². The van der Waals surface area contributed by atoms with E-state index in [0.29, 0.717) is 18.4 Å². The van der Waals surface area contributed by atoms with Crippen LogP contribution in [-0.2, 0) is 16.1 Å². The average molecular weight is 426 g/mol. The standard InChI is InChI=1S/C22H20ClN3O4/c23-20-19(16-6-8-18(9-7-16)26(29)30)21(27)25(22(20)28)17-10-12-24(13-11-17)14-15-4-2-1-3-5-15/h1-9,17H,10-14H2. The van der Waals surface area contributed by atoms with Crippen LogP contribution in [0.25, 0.3) is 5.57 Å². The number of halogens is 1. The molecule has 2 aliphatic heterocycles. The molecule has 0 aliphatic carbocycles. The average Bonchev–Trinajstić information content (AvgIpc) is 2.98. The number of nitro groups is 1. The molecule has 2 amide bonds. The van der Waals surface area contributed by atoms with Crippen molar-refractivity contribution in [2.24, 2.45) is 0 Å². The highest BCUT2D eigenvalue weighted by atomic mass is 35.5. The van der Waals surface area contributed by atoms with Crippen LogP contribution >= 0.6 is 11.6 Å². The Morgan fingerprint density at radius 1 is 0.967 bits per heavy atom. The smallest absolute Gasteiger partial charge is 0.273 e. The van der Waals surface area contributed by atoms with Crippen LogP contribution in [0.15, 0.2) is 59.6 Å². The molecule has 0 atom stereocenters. The molecular formula is C22H20ClN3O4. The minimum Gasteiger partial charge on any atom is -0.299 e. The number of likely N-dealkylation sites (tertiary alicyclic amines) is 1. The van der Waals surface area contributed by atoms with Gasteiger partial charge in [0.2, 0.25) is 0 Å². The number of carbonyl (C=O) groups excluding carboxylic acids is 2. The van der Waals surface area contributed by atoms with E-state index in [1.54, 1.807) is 0 Å². The van der Waals surface area contributed by atoms with E-state index >= 15 is 0 Å². The van der Waals surface area contributed by atoms with Crippen molar-refractivity contribution in [2.75, 3.05) is 13.1 Å². The van der Waals surface area contributed by atoms with Gasteiger partial charge in [-0.3, -0.25) is 29.5 Å². The van der Waals surface area contributed by atoms with Crippen molar-refractivity contribution in [3.05, 3.63) is 80.9 Å². The van der Waals surface area contributed by atoms with Gasteiger partial charge in [0, 0.05) is 37.8 Å². The first-order valence-corrected chi connectivity index (χ1v) is 10.1. The van der Waals surface area contributed by atoms with Gasteiger partial charge < -0.3 is 0 Å². The van der Waals surface area contributed by atoms with Crippen LogP contribution in [0.3, 0.4) is 0 Å². The number of benzene rings is 2. The highest BCUT2D eigenvalue weighted by Crippen LogP contribution is 2.35. The number of nitrogens with zero attached hydrogens (tertiary/aromatic N) is 3. The maximum Gasteiger partial charge on any atom is 0.273 e. The Morgan fingerprint density at radius 2 is 1.60 bits per heavy atom. The maximum atomic E-state index is 13.0. The fraction of sp³-hybridized carbons (Fsp3) is 0.273. The third kappa shape index (κ3) is 3.86. The monoisotopic (exact) mass is 425 g/mol. The lowest BCUT2D eigenvalue weighted by molar-refractivity contribution is -0.384. The summed E-state index contributed by atoms with van der Waals surface area (Å²) in [4.78, 5) is 39.7. The predicted octanol–water partition coefficient (Wildman–Crippen LogP) is 3.58. The Kier molecular flexibility index (Phi) is 5.65. The Balaban J connectivity index is 1.44. The lowest BCUT2D eigenvalue weighted by Gasteiger charge is -2.35. The lowest BCUT2D eigenvalue weighted by Crippen LogP contribution is -2.47. The largest absolute Gasteiger partial charge is 0.299 e. The van der Waals surface area contributed by atoms with Crippen LogP contribution in [-0.4, -0.2) is 45.7 Å². The lowest BCUT2D eigenvalue weighted by atomic mass is 10.0. The summed E-state index contributed by atoms with van der Waals surface area (Å²) >= 11 is 6.23. The van der Waals surface area contributed by atoms with Gasteiger partial charge in [-0.05, 0) is 36.1 Å². The number of amides is 2. The van der Waals surface area contributed by atoms with Gasteiger partial charge in [0.05, 0.1) is 10.5 Å². The van der Waals surface area contributed by atoms with Crippen LogP contribution in [0, 0.1) is 10.1 Å². The molecule has 0 spiro atoms.